The van der Waals surface area contributed by atoms with Gasteiger partial charge < -0.3 is 20.3 Å². The maximum absolute atomic E-state index is 12.6. The summed E-state index contributed by atoms with van der Waals surface area (Å²) in [5.41, 5.74) is 0. The van der Waals surface area contributed by atoms with E-state index in [9.17, 15) is 19.8 Å². The number of esters is 1. The van der Waals surface area contributed by atoms with Gasteiger partial charge in [0.1, 0.15) is 0 Å². The fraction of sp³-hybridized carbons (Fsp3) is 0.948. The summed E-state index contributed by atoms with van der Waals surface area (Å²) >= 11 is 0. The van der Waals surface area contributed by atoms with Gasteiger partial charge in [-0.15, -0.1) is 0 Å². The van der Waals surface area contributed by atoms with E-state index in [4.69, 9.17) is 4.74 Å². The number of allylic oxidation sites excluding steroid dienone is 2. The van der Waals surface area contributed by atoms with Crippen LogP contribution in [0.2, 0.25) is 0 Å². The number of hydrogen-bond acceptors (Lipinski definition) is 5. The number of ether oxygens (including phenoxy) is 1. The molecule has 0 aromatic rings. The molecule has 2 unspecified atom stereocenters. The highest BCUT2D eigenvalue weighted by molar-refractivity contribution is 5.76. The van der Waals surface area contributed by atoms with Crippen LogP contribution < -0.4 is 5.32 Å². The van der Waals surface area contributed by atoms with Crippen LogP contribution in [0.4, 0.5) is 0 Å². The molecule has 0 fully saturated rings. The molecular weight excluding hydrogens is 1020 g/mol. The molecule has 0 saturated carbocycles. The molecule has 0 aliphatic rings. The predicted octanol–water partition coefficient (Wildman–Crippen LogP) is 25.1. The van der Waals surface area contributed by atoms with Crippen LogP contribution in [0.15, 0.2) is 12.2 Å². The molecule has 0 bridgehead atoms. The second-order valence-corrected chi connectivity index (χ2v) is 26.7. The Bertz CT molecular complexity index is 1260. The third-order valence-electron chi connectivity index (χ3n) is 18.3. The third-order valence-corrected chi connectivity index (χ3v) is 18.3. The lowest BCUT2D eigenvalue weighted by atomic mass is 10.0. The van der Waals surface area contributed by atoms with Crippen LogP contribution in [0.1, 0.15) is 444 Å². The van der Waals surface area contributed by atoms with Crippen LogP contribution in [-0.4, -0.2) is 47.4 Å². The maximum Gasteiger partial charge on any atom is 0.305 e. The van der Waals surface area contributed by atoms with Gasteiger partial charge in [0, 0.05) is 12.8 Å². The summed E-state index contributed by atoms with van der Waals surface area (Å²) in [4.78, 5) is 24.7. The largest absolute Gasteiger partial charge is 0.466 e. The second kappa shape index (κ2) is 73.1. The smallest absolute Gasteiger partial charge is 0.305 e. The second-order valence-electron chi connectivity index (χ2n) is 26.7. The molecule has 83 heavy (non-hydrogen) atoms. The first-order valence-electron chi connectivity index (χ1n) is 38.4. The number of amides is 1. The monoisotopic (exact) mass is 1170 g/mol. The Morgan fingerprint density at radius 1 is 0.325 bits per heavy atom. The molecule has 0 saturated heterocycles. The molecule has 0 aromatic carbocycles. The minimum absolute atomic E-state index is 0.0166. The molecule has 0 heterocycles. The summed E-state index contributed by atoms with van der Waals surface area (Å²) < 4.78 is 5.51. The first-order chi connectivity index (χ1) is 41.0. The standard InChI is InChI=1S/C77H151NO5/c1-3-5-7-9-11-13-15-17-19-21-23-31-34-37-41-45-49-53-57-61-65-69-75(80)74(73-79)78-76(81)70-66-62-58-54-50-46-42-38-35-32-29-27-25-24-26-28-30-33-36-40-44-48-52-56-60-64-68-72-83-77(82)71-67-63-59-55-51-47-43-39-22-20-18-16-14-12-10-8-6-4-2/h20,22,74-75,79-80H,3-19,21,23-73H2,1-2H3,(H,78,81)/b22-20-. The lowest BCUT2D eigenvalue weighted by Gasteiger charge is -2.22. The highest BCUT2D eigenvalue weighted by Crippen LogP contribution is 2.20. The van der Waals surface area contributed by atoms with E-state index >= 15 is 0 Å². The van der Waals surface area contributed by atoms with Crippen molar-refractivity contribution in [3.05, 3.63) is 12.2 Å². The van der Waals surface area contributed by atoms with Gasteiger partial charge in [0.05, 0.1) is 25.4 Å². The molecule has 1 amide bonds. The van der Waals surface area contributed by atoms with E-state index < -0.39 is 12.1 Å². The van der Waals surface area contributed by atoms with Gasteiger partial charge >= 0.3 is 5.97 Å². The highest BCUT2D eigenvalue weighted by Gasteiger charge is 2.20. The number of nitrogens with one attached hydrogen (secondary N) is 1. The van der Waals surface area contributed by atoms with Crippen LogP contribution in [0.25, 0.3) is 0 Å². The van der Waals surface area contributed by atoms with Gasteiger partial charge in [-0.3, -0.25) is 9.59 Å². The van der Waals surface area contributed by atoms with E-state index in [1.165, 1.54) is 366 Å². The summed E-state index contributed by atoms with van der Waals surface area (Å²) in [5, 5.41) is 23.4. The van der Waals surface area contributed by atoms with Crippen molar-refractivity contribution in [1.29, 1.82) is 0 Å². The van der Waals surface area contributed by atoms with Crippen LogP contribution in [0.5, 0.6) is 0 Å². The molecule has 0 aliphatic heterocycles. The Morgan fingerprint density at radius 2 is 0.566 bits per heavy atom. The quantitative estimate of drug-likeness (QED) is 0.0320. The van der Waals surface area contributed by atoms with Crippen molar-refractivity contribution in [3.8, 4) is 0 Å². The van der Waals surface area contributed by atoms with E-state index in [0.29, 0.717) is 25.9 Å². The molecule has 3 N–H and O–H groups in total. The van der Waals surface area contributed by atoms with Crippen molar-refractivity contribution in [2.24, 2.45) is 0 Å². The van der Waals surface area contributed by atoms with Crippen molar-refractivity contribution in [3.63, 3.8) is 0 Å². The van der Waals surface area contributed by atoms with Gasteiger partial charge in [-0.2, -0.15) is 0 Å². The van der Waals surface area contributed by atoms with E-state index in [0.717, 1.165) is 44.9 Å². The molecule has 494 valence electrons. The summed E-state index contributed by atoms with van der Waals surface area (Å²) in [6, 6.07) is -0.540. The van der Waals surface area contributed by atoms with E-state index in [1.807, 2.05) is 0 Å². The zero-order chi connectivity index (χ0) is 59.9. The minimum atomic E-state index is -0.663. The highest BCUT2D eigenvalue weighted by atomic mass is 16.5. The van der Waals surface area contributed by atoms with Crippen LogP contribution in [-0.2, 0) is 14.3 Å². The van der Waals surface area contributed by atoms with Crippen molar-refractivity contribution in [2.75, 3.05) is 13.2 Å². The molecule has 0 aromatic heterocycles. The number of aliphatic hydroxyl groups excluding tert-OH is 2. The maximum atomic E-state index is 12.6. The van der Waals surface area contributed by atoms with Crippen molar-refractivity contribution < 1.29 is 24.5 Å². The fourth-order valence-corrected chi connectivity index (χ4v) is 12.5. The minimum Gasteiger partial charge on any atom is -0.466 e. The van der Waals surface area contributed by atoms with Gasteiger partial charge in [0.2, 0.25) is 5.91 Å². The Morgan fingerprint density at radius 3 is 0.855 bits per heavy atom. The molecule has 0 spiro atoms. The lowest BCUT2D eigenvalue weighted by Crippen LogP contribution is -2.45. The Labute approximate surface area is 520 Å². The number of hydrogen-bond donors (Lipinski definition) is 3. The molecular formula is C77H151NO5. The Balaban J connectivity index is 3.34. The number of unbranched alkanes of at least 4 members (excludes halogenated alkanes) is 60. The first-order valence-corrected chi connectivity index (χ1v) is 38.4. The van der Waals surface area contributed by atoms with Crippen LogP contribution in [0.3, 0.4) is 0 Å². The SMILES string of the molecule is CCCCCCCCC/C=C\CCCCCCCCCC(=O)OCCCCCCCCCCCCCCCCCCCCCCCCCCCCCC(=O)NC(CO)C(O)CCCCCCCCCCCCCCCCCCCCCCC. The molecule has 6 heteroatoms. The Hall–Kier alpha value is -1.40. The van der Waals surface area contributed by atoms with E-state index in [1.54, 1.807) is 0 Å². The average Bonchev–Trinajstić information content (AvgIpc) is 3.49. The normalized spacial score (nSPS) is 12.5. The van der Waals surface area contributed by atoms with Crippen LogP contribution >= 0.6 is 0 Å². The number of carbonyl (C=O) groups is 2. The summed E-state index contributed by atoms with van der Waals surface area (Å²) in [5.74, 6) is -0.0102. The molecule has 0 radical (unpaired) electrons. The predicted molar refractivity (Wildman–Crippen MR) is 366 cm³/mol. The van der Waals surface area contributed by atoms with Gasteiger partial charge in [0.15, 0.2) is 0 Å². The number of aliphatic hydroxyl groups is 2. The molecule has 2 atom stereocenters. The molecule has 0 rings (SSSR count). The van der Waals surface area contributed by atoms with Crippen molar-refractivity contribution in [1.82, 2.24) is 5.32 Å². The third kappa shape index (κ3) is 69.6. The van der Waals surface area contributed by atoms with Crippen molar-refractivity contribution in [2.45, 2.75) is 456 Å². The fourth-order valence-electron chi connectivity index (χ4n) is 12.5. The van der Waals surface area contributed by atoms with Crippen LogP contribution in [0, 0.1) is 0 Å². The summed E-state index contributed by atoms with van der Waals surface area (Å²) in [6.07, 6.45) is 91.4. The summed E-state index contributed by atoms with van der Waals surface area (Å²) in [7, 11) is 0. The van der Waals surface area contributed by atoms with Gasteiger partial charge in [0.25, 0.3) is 0 Å². The van der Waals surface area contributed by atoms with Gasteiger partial charge in [-0.25, -0.2) is 0 Å². The average molecular weight is 1170 g/mol. The number of carbonyl (C=O) groups excluding carboxylic acids is 2. The number of rotatable bonds is 73. The molecule has 0 aliphatic carbocycles. The van der Waals surface area contributed by atoms with E-state index in [-0.39, 0.29) is 18.5 Å². The topological polar surface area (TPSA) is 95.9 Å². The molecule has 6 nitrogen and oxygen atoms in total. The van der Waals surface area contributed by atoms with Crippen molar-refractivity contribution >= 4 is 11.9 Å². The zero-order valence-corrected chi connectivity index (χ0v) is 56.7. The summed E-state index contributed by atoms with van der Waals surface area (Å²) in [6.45, 7) is 5.00. The lowest BCUT2D eigenvalue weighted by molar-refractivity contribution is -0.143. The van der Waals surface area contributed by atoms with Gasteiger partial charge in [-0.05, 0) is 51.4 Å². The first kappa shape index (κ1) is 81.6. The zero-order valence-electron chi connectivity index (χ0n) is 56.7. The van der Waals surface area contributed by atoms with E-state index in [2.05, 4.69) is 31.3 Å². The Kier molecular flexibility index (Phi) is 71.8. The van der Waals surface area contributed by atoms with Gasteiger partial charge in [-0.1, -0.05) is 392 Å².